The van der Waals surface area contributed by atoms with E-state index in [-0.39, 0.29) is 24.1 Å². The Balaban J connectivity index is 1.49. The van der Waals surface area contributed by atoms with E-state index in [9.17, 15) is 9.59 Å². The Morgan fingerprint density at radius 3 is 2.27 bits per heavy atom. The van der Waals surface area contributed by atoms with Gasteiger partial charge in [0.05, 0.1) is 5.02 Å². The van der Waals surface area contributed by atoms with Gasteiger partial charge in [0.15, 0.2) is 5.84 Å². The molecule has 1 saturated heterocycles. The number of rotatable bonds is 7. The molecular formula is C21H24ClN5O3. The van der Waals surface area contributed by atoms with Crippen LogP contribution in [-0.2, 0) is 4.84 Å². The molecule has 1 aromatic carbocycles. The fourth-order valence-electron chi connectivity index (χ4n) is 3.13. The Morgan fingerprint density at radius 1 is 1.03 bits per heavy atom. The van der Waals surface area contributed by atoms with Crippen LogP contribution in [0.4, 0.5) is 0 Å². The lowest BCUT2D eigenvalue weighted by Gasteiger charge is -2.19. The van der Waals surface area contributed by atoms with E-state index in [2.05, 4.69) is 25.7 Å². The van der Waals surface area contributed by atoms with Gasteiger partial charge in [0.25, 0.3) is 11.8 Å². The number of halogens is 1. The van der Waals surface area contributed by atoms with Crippen molar-refractivity contribution in [3.8, 4) is 0 Å². The summed E-state index contributed by atoms with van der Waals surface area (Å²) in [6, 6.07) is 10.4. The quantitative estimate of drug-likeness (QED) is 0.305. The molecule has 30 heavy (non-hydrogen) atoms. The molecule has 8 nitrogen and oxygen atoms in total. The minimum absolute atomic E-state index is 0.216. The molecule has 0 atom stereocenters. The first-order valence-electron chi connectivity index (χ1n) is 9.73. The lowest BCUT2D eigenvalue weighted by Crippen LogP contribution is -2.35. The molecule has 1 aliphatic heterocycles. The van der Waals surface area contributed by atoms with Crippen LogP contribution in [0, 0.1) is 0 Å². The molecule has 0 unspecified atom stereocenters. The monoisotopic (exact) mass is 429 g/mol. The molecule has 158 valence electrons. The Kier molecular flexibility index (Phi) is 7.62. The third-order valence-corrected chi connectivity index (χ3v) is 4.87. The first-order valence-corrected chi connectivity index (χ1v) is 10.1. The summed E-state index contributed by atoms with van der Waals surface area (Å²) in [6.07, 6.45) is 3.68. The number of hydrogen-bond acceptors (Lipinski definition) is 5. The SMILES string of the molecule is CO/N=C(\c1ccc(C(=O)NCCNC(=O)c2ccc(Cl)cn2)cc1)N1CCCC1. The third-order valence-electron chi connectivity index (χ3n) is 4.64. The number of amidine groups is 1. The summed E-state index contributed by atoms with van der Waals surface area (Å²) in [5.41, 5.74) is 1.70. The highest BCUT2D eigenvalue weighted by molar-refractivity contribution is 6.30. The van der Waals surface area contributed by atoms with Crippen LogP contribution in [0.25, 0.3) is 0 Å². The minimum atomic E-state index is -0.322. The highest BCUT2D eigenvalue weighted by Gasteiger charge is 2.19. The Morgan fingerprint density at radius 2 is 1.67 bits per heavy atom. The van der Waals surface area contributed by atoms with Crippen molar-refractivity contribution >= 4 is 29.3 Å². The second kappa shape index (κ2) is 10.6. The number of amides is 2. The molecule has 0 aliphatic carbocycles. The molecule has 0 spiro atoms. The van der Waals surface area contributed by atoms with Gasteiger partial charge in [-0.25, -0.2) is 4.98 Å². The van der Waals surface area contributed by atoms with Crippen molar-refractivity contribution in [2.75, 3.05) is 33.3 Å². The van der Waals surface area contributed by atoms with Gasteiger partial charge in [-0.2, -0.15) is 0 Å². The van der Waals surface area contributed by atoms with E-state index in [1.165, 1.54) is 13.3 Å². The first kappa shape index (κ1) is 21.6. The van der Waals surface area contributed by atoms with Crippen molar-refractivity contribution < 1.29 is 14.4 Å². The number of pyridine rings is 1. The van der Waals surface area contributed by atoms with E-state index in [4.69, 9.17) is 16.4 Å². The van der Waals surface area contributed by atoms with Crippen molar-refractivity contribution in [1.29, 1.82) is 0 Å². The topological polar surface area (TPSA) is 95.9 Å². The summed E-state index contributed by atoms with van der Waals surface area (Å²) in [7, 11) is 1.53. The zero-order chi connectivity index (χ0) is 21.3. The highest BCUT2D eigenvalue weighted by atomic mass is 35.5. The predicted molar refractivity (Wildman–Crippen MR) is 115 cm³/mol. The molecule has 3 rings (SSSR count). The van der Waals surface area contributed by atoms with Crippen LogP contribution in [0.2, 0.25) is 5.02 Å². The normalized spacial score (nSPS) is 13.8. The Labute approximate surface area is 180 Å². The van der Waals surface area contributed by atoms with Crippen molar-refractivity contribution in [3.63, 3.8) is 0 Å². The number of carbonyl (C=O) groups excluding carboxylic acids is 2. The molecule has 1 aromatic heterocycles. The average molecular weight is 430 g/mol. The molecule has 0 radical (unpaired) electrons. The zero-order valence-corrected chi connectivity index (χ0v) is 17.5. The van der Waals surface area contributed by atoms with Crippen LogP contribution in [0.1, 0.15) is 39.3 Å². The molecule has 9 heteroatoms. The summed E-state index contributed by atoms with van der Waals surface area (Å²) < 4.78 is 0. The van der Waals surface area contributed by atoms with Crippen LogP contribution in [0.5, 0.6) is 0 Å². The number of aromatic nitrogens is 1. The number of carbonyl (C=O) groups is 2. The van der Waals surface area contributed by atoms with Gasteiger partial charge in [-0.05, 0) is 37.1 Å². The molecule has 0 bridgehead atoms. The van der Waals surface area contributed by atoms with E-state index < -0.39 is 0 Å². The lowest BCUT2D eigenvalue weighted by atomic mass is 10.1. The summed E-state index contributed by atoms with van der Waals surface area (Å²) in [5, 5.41) is 10.1. The maximum Gasteiger partial charge on any atom is 0.269 e. The largest absolute Gasteiger partial charge is 0.397 e. The van der Waals surface area contributed by atoms with Gasteiger partial charge in [-0.3, -0.25) is 9.59 Å². The van der Waals surface area contributed by atoms with Crippen molar-refractivity contribution in [2.45, 2.75) is 12.8 Å². The standard InChI is InChI=1S/C21H24ClN5O3/c1-30-26-19(27-12-2-3-13-27)15-4-6-16(7-5-15)20(28)23-10-11-24-21(29)18-9-8-17(22)14-25-18/h4-9,14H,2-3,10-13H2,1H3,(H,23,28)(H,24,29)/b26-19+. The summed E-state index contributed by atoms with van der Waals surface area (Å²) in [4.78, 5) is 35.4. The number of nitrogens with zero attached hydrogens (tertiary/aromatic N) is 3. The number of hydrogen-bond donors (Lipinski definition) is 2. The molecule has 2 amide bonds. The fraction of sp³-hybridized carbons (Fsp3) is 0.333. The molecule has 2 N–H and O–H groups in total. The summed E-state index contributed by atoms with van der Waals surface area (Å²) in [5.74, 6) is 0.240. The van der Waals surface area contributed by atoms with Crippen LogP contribution in [0.15, 0.2) is 47.8 Å². The first-order chi connectivity index (χ1) is 14.6. The number of benzene rings is 1. The molecular weight excluding hydrogens is 406 g/mol. The van der Waals surface area contributed by atoms with Gasteiger partial charge in [0.2, 0.25) is 0 Å². The van der Waals surface area contributed by atoms with Gasteiger partial charge in [0.1, 0.15) is 12.8 Å². The zero-order valence-electron chi connectivity index (χ0n) is 16.7. The van der Waals surface area contributed by atoms with E-state index in [0.29, 0.717) is 17.1 Å². The molecule has 1 fully saturated rings. The average Bonchev–Trinajstić information content (AvgIpc) is 3.30. The number of nitrogens with one attached hydrogen (secondary N) is 2. The number of oxime groups is 1. The molecule has 1 aliphatic rings. The van der Waals surface area contributed by atoms with Crippen LogP contribution >= 0.6 is 11.6 Å². The smallest absolute Gasteiger partial charge is 0.269 e. The molecule has 2 heterocycles. The predicted octanol–water partition coefficient (Wildman–Crippen LogP) is 2.30. The van der Waals surface area contributed by atoms with Crippen molar-refractivity contribution in [1.82, 2.24) is 20.5 Å². The fourth-order valence-corrected chi connectivity index (χ4v) is 3.25. The minimum Gasteiger partial charge on any atom is -0.397 e. The van der Waals surface area contributed by atoms with Gasteiger partial charge >= 0.3 is 0 Å². The van der Waals surface area contributed by atoms with Gasteiger partial charge in [0, 0.05) is 43.5 Å². The second-order valence-corrected chi connectivity index (χ2v) is 7.18. The summed E-state index contributed by atoms with van der Waals surface area (Å²) in [6.45, 7) is 2.47. The maximum absolute atomic E-state index is 12.3. The Hall–Kier alpha value is -3.13. The van der Waals surface area contributed by atoms with Crippen molar-refractivity contribution in [2.24, 2.45) is 5.16 Å². The van der Waals surface area contributed by atoms with Crippen molar-refractivity contribution in [3.05, 3.63) is 64.4 Å². The van der Waals surface area contributed by atoms with E-state index in [1.54, 1.807) is 24.3 Å². The van der Waals surface area contributed by atoms with Crippen LogP contribution in [0.3, 0.4) is 0 Å². The maximum atomic E-state index is 12.3. The highest BCUT2D eigenvalue weighted by Crippen LogP contribution is 2.15. The van der Waals surface area contributed by atoms with Crippen LogP contribution in [-0.4, -0.2) is 60.8 Å². The summed E-state index contributed by atoms with van der Waals surface area (Å²) >= 11 is 5.76. The molecule has 0 saturated carbocycles. The van der Waals surface area contributed by atoms with Gasteiger partial charge in [-0.1, -0.05) is 28.9 Å². The van der Waals surface area contributed by atoms with Gasteiger partial charge < -0.3 is 20.4 Å². The second-order valence-electron chi connectivity index (χ2n) is 6.74. The van der Waals surface area contributed by atoms with Gasteiger partial charge in [-0.15, -0.1) is 0 Å². The number of likely N-dealkylation sites (tertiary alicyclic amines) is 1. The lowest BCUT2D eigenvalue weighted by molar-refractivity contribution is 0.0925. The van der Waals surface area contributed by atoms with E-state index in [0.717, 1.165) is 37.3 Å². The third kappa shape index (κ3) is 5.70. The molecule has 2 aromatic rings. The Bertz CT molecular complexity index is 894. The van der Waals surface area contributed by atoms with Crippen LogP contribution < -0.4 is 10.6 Å². The van der Waals surface area contributed by atoms with E-state index in [1.807, 2.05) is 12.1 Å². The van der Waals surface area contributed by atoms with E-state index >= 15 is 0 Å².